The van der Waals surface area contributed by atoms with Gasteiger partial charge in [-0.05, 0) is 62.3 Å². The van der Waals surface area contributed by atoms with Gasteiger partial charge in [-0.2, -0.15) is 0 Å². The lowest BCUT2D eigenvalue weighted by molar-refractivity contribution is 0.0952. The summed E-state index contributed by atoms with van der Waals surface area (Å²) in [4.78, 5) is 12.8. The summed E-state index contributed by atoms with van der Waals surface area (Å²) >= 11 is 0. The summed E-state index contributed by atoms with van der Waals surface area (Å²) in [6, 6.07) is 2.05. The molecule has 0 unspecified atom stereocenters. The fraction of sp³-hybridized carbons (Fsp3) is 0.542. The monoisotopic (exact) mass is 382 g/mol. The van der Waals surface area contributed by atoms with Crippen molar-refractivity contribution in [2.24, 2.45) is 5.92 Å². The number of unbranched alkanes of at least 4 members (excludes halogenated alkanes) is 1. The number of nitrogens with zero attached hydrogens (tertiary/aromatic N) is 1. The Kier molecular flexibility index (Phi) is 7.18. The lowest BCUT2D eigenvalue weighted by Gasteiger charge is -2.24. The highest BCUT2D eigenvalue weighted by molar-refractivity contribution is 5.96. The Morgan fingerprint density at radius 1 is 1.25 bits per heavy atom. The zero-order chi connectivity index (χ0) is 19.9. The number of allylic oxidation sites excluding steroid dienone is 5. The topological polar surface area (TPSA) is 54.3 Å². The highest BCUT2D eigenvalue weighted by Crippen LogP contribution is 2.31. The number of amides is 1. The van der Waals surface area contributed by atoms with Crippen LogP contribution in [0.25, 0.3) is 5.57 Å². The molecule has 0 aliphatic heterocycles. The van der Waals surface area contributed by atoms with Crippen LogP contribution < -0.4 is 5.32 Å². The lowest BCUT2D eigenvalue weighted by Crippen LogP contribution is -2.25. The van der Waals surface area contributed by atoms with Crippen LogP contribution >= 0.6 is 0 Å². The average Bonchev–Trinajstić information content (AvgIpc) is 2.87. The van der Waals surface area contributed by atoms with Gasteiger partial charge in [-0.25, -0.2) is 0 Å². The number of aliphatic hydroxyl groups is 1. The highest BCUT2D eigenvalue weighted by Gasteiger charge is 2.22. The van der Waals surface area contributed by atoms with Crippen LogP contribution in [-0.4, -0.2) is 22.1 Å². The molecule has 28 heavy (non-hydrogen) atoms. The third-order valence-corrected chi connectivity index (χ3v) is 6.00. The third-order valence-electron chi connectivity index (χ3n) is 6.00. The average molecular weight is 383 g/mol. The maximum absolute atomic E-state index is 12.8. The van der Waals surface area contributed by atoms with Crippen LogP contribution in [0.15, 0.2) is 36.1 Å². The maximum atomic E-state index is 12.8. The molecule has 152 valence electrons. The Morgan fingerprint density at radius 2 is 2.04 bits per heavy atom. The molecule has 4 nitrogen and oxygen atoms in total. The Morgan fingerprint density at radius 3 is 2.79 bits per heavy atom. The molecule has 2 aliphatic carbocycles. The second-order valence-electron chi connectivity index (χ2n) is 8.14. The fourth-order valence-corrected chi connectivity index (χ4v) is 4.28. The Labute approximate surface area is 169 Å². The molecule has 0 aromatic carbocycles. The summed E-state index contributed by atoms with van der Waals surface area (Å²) in [5.41, 5.74) is 4.09. The Hall–Kier alpha value is -2.23. The highest BCUT2D eigenvalue weighted by atomic mass is 16.3. The molecule has 1 heterocycles. The second kappa shape index (κ2) is 9.81. The van der Waals surface area contributed by atoms with E-state index in [-0.39, 0.29) is 11.7 Å². The third kappa shape index (κ3) is 4.98. The van der Waals surface area contributed by atoms with Crippen LogP contribution in [-0.2, 0) is 6.54 Å². The first-order valence-corrected chi connectivity index (χ1v) is 10.8. The van der Waals surface area contributed by atoms with Gasteiger partial charge in [0, 0.05) is 24.5 Å². The summed E-state index contributed by atoms with van der Waals surface area (Å²) in [6.45, 7) is 5.90. The molecule has 4 heteroatoms. The van der Waals surface area contributed by atoms with Gasteiger partial charge in [-0.15, -0.1) is 0 Å². The first kappa shape index (κ1) is 20.5. The van der Waals surface area contributed by atoms with Crippen LogP contribution in [0.4, 0.5) is 0 Å². The standard InChI is InChI=1S/C24H34N2O2/c1-3-4-15-25-24(28)22-16-23(20-11-8-12-21(27)14-13-20)26(18(22)2)17-19-9-6-5-7-10-19/h8,12-14,16,19,27H,3-7,9-11,15,17H2,1-2H3,(H,25,28). The summed E-state index contributed by atoms with van der Waals surface area (Å²) in [5, 5.41) is 12.9. The van der Waals surface area contributed by atoms with Crippen molar-refractivity contribution < 1.29 is 9.90 Å². The van der Waals surface area contributed by atoms with Gasteiger partial charge in [0.25, 0.3) is 5.91 Å². The number of aromatic nitrogens is 1. The smallest absolute Gasteiger partial charge is 0.253 e. The minimum Gasteiger partial charge on any atom is -0.508 e. The molecule has 3 rings (SSSR count). The van der Waals surface area contributed by atoms with Gasteiger partial charge in [-0.1, -0.05) is 44.8 Å². The van der Waals surface area contributed by atoms with E-state index in [2.05, 4.69) is 29.8 Å². The SMILES string of the molecule is CCCCNC(=O)c1cc(C2=CC=C(O)C=CC2)n(CC2CCCCC2)c1C. The summed E-state index contributed by atoms with van der Waals surface area (Å²) in [5.74, 6) is 0.979. The zero-order valence-corrected chi connectivity index (χ0v) is 17.3. The van der Waals surface area contributed by atoms with Crippen LogP contribution in [0.2, 0.25) is 0 Å². The van der Waals surface area contributed by atoms with Crippen molar-refractivity contribution in [3.8, 4) is 0 Å². The number of nitrogens with one attached hydrogen (secondary N) is 1. The first-order chi connectivity index (χ1) is 13.6. The summed E-state index contributed by atoms with van der Waals surface area (Å²) in [6.07, 6.45) is 16.8. The van der Waals surface area contributed by atoms with Gasteiger partial charge in [0.05, 0.1) is 5.56 Å². The van der Waals surface area contributed by atoms with Crippen molar-refractivity contribution in [2.75, 3.05) is 6.54 Å². The summed E-state index contributed by atoms with van der Waals surface area (Å²) < 4.78 is 2.35. The molecule has 0 radical (unpaired) electrons. The predicted molar refractivity (Wildman–Crippen MR) is 115 cm³/mol. The van der Waals surface area contributed by atoms with Gasteiger partial charge in [0.15, 0.2) is 0 Å². The number of hydrogen-bond donors (Lipinski definition) is 2. The van der Waals surface area contributed by atoms with Crippen molar-refractivity contribution in [1.82, 2.24) is 9.88 Å². The largest absolute Gasteiger partial charge is 0.508 e. The lowest BCUT2D eigenvalue weighted by atomic mass is 9.89. The van der Waals surface area contributed by atoms with Gasteiger partial charge in [0.1, 0.15) is 5.76 Å². The fourth-order valence-electron chi connectivity index (χ4n) is 4.28. The molecule has 0 saturated heterocycles. The minimum atomic E-state index is 0.0257. The number of carbonyl (C=O) groups excluding carboxylic acids is 1. The first-order valence-electron chi connectivity index (χ1n) is 10.8. The quantitative estimate of drug-likeness (QED) is 0.595. The van der Waals surface area contributed by atoms with Crippen LogP contribution in [0, 0.1) is 12.8 Å². The van der Waals surface area contributed by atoms with E-state index in [1.165, 1.54) is 32.1 Å². The van der Waals surface area contributed by atoms with Crippen molar-refractivity contribution in [3.63, 3.8) is 0 Å². The summed E-state index contributed by atoms with van der Waals surface area (Å²) in [7, 11) is 0. The molecule has 1 saturated carbocycles. The van der Waals surface area contributed by atoms with Crippen molar-refractivity contribution in [1.29, 1.82) is 0 Å². The zero-order valence-electron chi connectivity index (χ0n) is 17.3. The van der Waals surface area contributed by atoms with E-state index in [9.17, 15) is 9.90 Å². The number of hydrogen-bond acceptors (Lipinski definition) is 2. The molecular weight excluding hydrogens is 348 g/mol. The number of aliphatic hydroxyl groups excluding tert-OH is 1. The van der Waals surface area contributed by atoms with Gasteiger partial charge in [0.2, 0.25) is 0 Å². The van der Waals surface area contributed by atoms with E-state index in [4.69, 9.17) is 0 Å². The molecule has 1 fully saturated rings. The normalized spacial score (nSPS) is 17.8. The molecule has 0 atom stereocenters. The maximum Gasteiger partial charge on any atom is 0.253 e. The molecule has 1 amide bonds. The van der Waals surface area contributed by atoms with E-state index in [0.717, 1.165) is 54.9 Å². The van der Waals surface area contributed by atoms with Crippen molar-refractivity contribution in [3.05, 3.63) is 53.1 Å². The van der Waals surface area contributed by atoms with E-state index in [1.54, 1.807) is 12.2 Å². The number of rotatable bonds is 7. The van der Waals surface area contributed by atoms with Crippen LogP contribution in [0.5, 0.6) is 0 Å². The van der Waals surface area contributed by atoms with E-state index >= 15 is 0 Å². The van der Waals surface area contributed by atoms with Gasteiger partial charge >= 0.3 is 0 Å². The predicted octanol–water partition coefficient (Wildman–Crippen LogP) is 5.69. The van der Waals surface area contributed by atoms with E-state index < -0.39 is 0 Å². The molecule has 2 N–H and O–H groups in total. The van der Waals surface area contributed by atoms with E-state index in [1.807, 2.05) is 12.2 Å². The number of carbonyl (C=O) groups is 1. The van der Waals surface area contributed by atoms with Gasteiger partial charge in [-0.3, -0.25) is 4.79 Å². The van der Waals surface area contributed by atoms with Crippen molar-refractivity contribution >= 4 is 11.5 Å². The molecular formula is C24H34N2O2. The Balaban J connectivity index is 1.92. The molecule has 0 bridgehead atoms. The second-order valence-corrected chi connectivity index (χ2v) is 8.14. The molecule has 1 aromatic heterocycles. The molecule has 2 aliphatic rings. The van der Waals surface area contributed by atoms with Gasteiger partial charge < -0.3 is 15.0 Å². The van der Waals surface area contributed by atoms with E-state index in [0.29, 0.717) is 5.92 Å². The van der Waals surface area contributed by atoms with Crippen LogP contribution in [0.1, 0.15) is 80.0 Å². The minimum absolute atomic E-state index is 0.0257. The van der Waals surface area contributed by atoms with Crippen molar-refractivity contribution in [2.45, 2.75) is 71.8 Å². The van der Waals surface area contributed by atoms with Crippen LogP contribution in [0.3, 0.4) is 0 Å². The Bertz CT molecular complexity index is 777. The molecule has 1 aromatic rings. The molecule has 0 spiro atoms.